The van der Waals surface area contributed by atoms with Gasteiger partial charge in [0.15, 0.2) is 5.78 Å². The first kappa shape index (κ1) is 8.60. The summed E-state index contributed by atoms with van der Waals surface area (Å²) in [5, 5.41) is 1.01. The summed E-state index contributed by atoms with van der Waals surface area (Å²) in [7, 11) is 0. The number of hydrogen-bond donors (Lipinski definition) is 0. The molecule has 3 rings (SSSR count). The molecule has 0 amide bonds. The van der Waals surface area contributed by atoms with Crippen molar-refractivity contribution in [3.05, 3.63) is 41.6 Å². The summed E-state index contributed by atoms with van der Waals surface area (Å²) >= 11 is 0. The zero-order valence-corrected chi connectivity index (χ0v) is 8.36. The van der Waals surface area contributed by atoms with Crippen molar-refractivity contribution in [3.63, 3.8) is 0 Å². The van der Waals surface area contributed by atoms with Gasteiger partial charge in [0, 0.05) is 23.6 Å². The van der Waals surface area contributed by atoms with Gasteiger partial charge in [-0.2, -0.15) is 0 Å². The van der Waals surface area contributed by atoms with Crippen LogP contribution >= 0.6 is 0 Å². The number of ketones is 1. The predicted molar refractivity (Wildman–Crippen MR) is 59.0 cm³/mol. The Hall–Kier alpha value is -1.70. The molecule has 1 heterocycles. The summed E-state index contributed by atoms with van der Waals surface area (Å²) in [6.07, 6.45) is 4.49. The van der Waals surface area contributed by atoms with Crippen molar-refractivity contribution >= 4 is 16.7 Å². The first-order chi connectivity index (χ1) is 7.36. The summed E-state index contributed by atoms with van der Waals surface area (Å²) < 4.78 is 0. The summed E-state index contributed by atoms with van der Waals surface area (Å²) in [6, 6.07) is 7.86. The molecule has 74 valence electrons. The van der Waals surface area contributed by atoms with Crippen molar-refractivity contribution in [1.29, 1.82) is 0 Å². The number of aryl methyl sites for hydroxylation is 1. The number of hydrogen-bond acceptors (Lipinski definition) is 2. The van der Waals surface area contributed by atoms with Gasteiger partial charge in [0.25, 0.3) is 0 Å². The van der Waals surface area contributed by atoms with E-state index in [2.05, 4.69) is 4.98 Å². The largest absolute Gasteiger partial charge is 0.294 e. The van der Waals surface area contributed by atoms with Crippen LogP contribution in [0.4, 0.5) is 0 Å². The standard InChI is InChI=1S/C13H11NO/c15-12-7-3-4-9-8-14-11-6-2-1-5-10(11)13(9)12/h1-2,5-6,8H,3-4,7H2. The number of carbonyl (C=O) groups is 1. The van der Waals surface area contributed by atoms with E-state index in [4.69, 9.17) is 0 Å². The van der Waals surface area contributed by atoms with E-state index in [0.717, 1.165) is 34.9 Å². The lowest BCUT2D eigenvalue weighted by Crippen LogP contribution is -2.11. The van der Waals surface area contributed by atoms with Crippen molar-refractivity contribution in [2.45, 2.75) is 19.3 Å². The second kappa shape index (κ2) is 3.16. The Morgan fingerprint density at radius 3 is 2.93 bits per heavy atom. The highest BCUT2D eigenvalue weighted by molar-refractivity contribution is 6.09. The van der Waals surface area contributed by atoms with Crippen molar-refractivity contribution < 1.29 is 4.79 Å². The lowest BCUT2D eigenvalue weighted by Gasteiger charge is -2.15. The fourth-order valence-corrected chi connectivity index (χ4v) is 2.27. The molecule has 0 spiro atoms. The van der Waals surface area contributed by atoms with Crippen LogP contribution < -0.4 is 0 Å². The van der Waals surface area contributed by atoms with Gasteiger partial charge in [0.2, 0.25) is 0 Å². The maximum Gasteiger partial charge on any atom is 0.163 e. The van der Waals surface area contributed by atoms with E-state index in [9.17, 15) is 4.79 Å². The predicted octanol–water partition coefficient (Wildman–Crippen LogP) is 2.75. The molecular formula is C13H11NO. The van der Waals surface area contributed by atoms with Crippen LogP contribution in [0.1, 0.15) is 28.8 Å². The van der Waals surface area contributed by atoms with Gasteiger partial charge < -0.3 is 0 Å². The average Bonchev–Trinajstić information content (AvgIpc) is 2.29. The lowest BCUT2D eigenvalue weighted by atomic mass is 9.89. The molecule has 0 saturated carbocycles. The molecule has 2 nitrogen and oxygen atoms in total. The van der Waals surface area contributed by atoms with Gasteiger partial charge in [-0.3, -0.25) is 9.78 Å². The molecule has 15 heavy (non-hydrogen) atoms. The Kier molecular flexibility index (Phi) is 1.81. The summed E-state index contributed by atoms with van der Waals surface area (Å²) in [5.74, 6) is 0.273. The summed E-state index contributed by atoms with van der Waals surface area (Å²) in [5.41, 5.74) is 2.95. The number of carbonyl (C=O) groups excluding carboxylic acids is 1. The van der Waals surface area contributed by atoms with Crippen LogP contribution in [0.2, 0.25) is 0 Å². The minimum Gasteiger partial charge on any atom is -0.294 e. The third kappa shape index (κ3) is 1.25. The van der Waals surface area contributed by atoms with Crippen LogP contribution in [0, 0.1) is 0 Å². The molecule has 0 N–H and O–H groups in total. The molecule has 1 aliphatic carbocycles. The normalized spacial score (nSPS) is 15.3. The van der Waals surface area contributed by atoms with Crippen molar-refractivity contribution in [2.24, 2.45) is 0 Å². The summed E-state index contributed by atoms with van der Waals surface area (Å²) in [6.45, 7) is 0. The Labute approximate surface area is 87.9 Å². The van der Waals surface area contributed by atoms with Gasteiger partial charge in [-0.05, 0) is 24.5 Å². The molecule has 0 aliphatic heterocycles. The lowest BCUT2D eigenvalue weighted by molar-refractivity contribution is 0.0974. The van der Waals surface area contributed by atoms with Crippen molar-refractivity contribution in [2.75, 3.05) is 0 Å². The van der Waals surface area contributed by atoms with Gasteiger partial charge in [0.1, 0.15) is 0 Å². The Morgan fingerprint density at radius 1 is 1.13 bits per heavy atom. The Bertz CT molecular complexity index is 545. The molecule has 0 saturated heterocycles. The number of aromatic nitrogens is 1. The highest BCUT2D eigenvalue weighted by Crippen LogP contribution is 2.27. The number of para-hydroxylation sites is 1. The molecular weight excluding hydrogens is 186 g/mol. The van der Waals surface area contributed by atoms with Crippen LogP contribution in [0.15, 0.2) is 30.5 Å². The van der Waals surface area contributed by atoms with E-state index in [1.807, 2.05) is 30.5 Å². The van der Waals surface area contributed by atoms with E-state index in [1.54, 1.807) is 0 Å². The van der Waals surface area contributed by atoms with Crippen LogP contribution in [-0.4, -0.2) is 10.8 Å². The van der Waals surface area contributed by atoms with Crippen LogP contribution in [0.3, 0.4) is 0 Å². The number of rotatable bonds is 0. The quantitative estimate of drug-likeness (QED) is 0.650. The van der Waals surface area contributed by atoms with E-state index in [0.29, 0.717) is 6.42 Å². The van der Waals surface area contributed by atoms with Crippen LogP contribution in [0.25, 0.3) is 10.9 Å². The smallest absolute Gasteiger partial charge is 0.163 e. The number of Topliss-reactive ketones (excluding diaryl/α,β-unsaturated/α-hetero) is 1. The molecule has 0 fully saturated rings. The third-order valence-electron chi connectivity index (χ3n) is 2.98. The molecule has 1 aliphatic rings. The Balaban J connectivity index is 2.40. The second-order valence-electron chi connectivity index (χ2n) is 3.95. The van der Waals surface area contributed by atoms with E-state index >= 15 is 0 Å². The fourth-order valence-electron chi connectivity index (χ4n) is 2.27. The highest BCUT2D eigenvalue weighted by atomic mass is 16.1. The minimum atomic E-state index is 0.273. The van der Waals surface area contributed by atoms with E-state index in [1.165, 1.54) is 0 Å². The maximum absolute atomic E-state index is 11.9. The fraction of sp³-hybridized carbons (Fsp3) is 0.231. The molecule has 0 unspecified atom stereocenters. The molecule has 1 aromatic heterocycles. The Morgan fingerprint density at radius 2 is 2.00 bits per heavy atom. The number of nitrogens with zero attached hydrogens (tertiary/aromatic N) is 1. The number of benzene rings is 1. The van der Waals surface area contributed by atoms with Gasteiger partial charge in [-0.1, -0.05) is 18.2 Å². The number of pyridine rings is 1. The molecule has 2 heteroatoms. The van der Waals surface area contributed by atoms with E-state index in [-0.39, 0.29) is 5.78 Å². The molecule has 1 aromatic carbocycles. The SMILES string of the molecule is O=C1CCCc2cnc3ccccc3c21. The highest BCUT2D eigenvalue weighted by Gasteiger charge is 2.19. The van der Waals surface area contributed by atoms with Gasteiger partial charge >= 0.3 is 0 Å². The topological polar surface area (TPSA) is 30.0 Å². The van der Waals surface area contributed by atoms with Crippen molar-refractivity contribution in [1.82, 2.24) is 4.98 Å². The maximum atomic E-state index is 11.9. The van der Waals surface area contributed by atoms with E-state index < -0.39 is 0 Å². The van der Waals surface area contributed by atoms with Gasteiger partial charge in [-0.25, -0.2) is 0 Å². The minimum absolute atomic E-state index is 0.273. The second-order valence-corrected chi connectivity index (χ2v) is 3.95. The molecule has 0 atom stereocenters. The average molecular weight is 197 g/mol. The van der Waals surface area contributed by atoms with Gasteiger partial charge in [0.05, 0.1) is 5.52 Å². The van der Waals surface area contributed by atoms with Crippen LogP contribution in [-0.2, 0) is 6.42 Å². The molecule has 0 radical (unpaired) electrons. The zero-order valence-electron chi connectivity index (χ0n) is 8.36. The number of fused-ring (bicyclic) bond motifs is 3. The zero-order chi connectivity index (χ0) is 10.3. The summed E-state index contributed by atoms with van der Waals surface area (Å²) in [4.78, 5) is 16.2. The van der Waals surface area contributed by atoms with Crippen molar-refractivity contribution in [3.8, 4) is 0 Å². The molecule has 2 aromatic rings. The molecule has 0 bridgehead atoms. The van der Waals surface area contributed by atoms with Gasteiger partial charge in [-0.15, -0.1) is 0 Å². The third-order valence-corrected chi connectivity index (χ3v) is 2.98. The monoisotopic (exact) mass is 197 g/mol. The van der Waals surface area contributed by atoms with Crippen LogP contribution in [0.5, 0.6) is 0 Å². The first-order valence-electron chi connectivity index (χ1n) is 5.26. The first-order valence-corrected chi connectivity index (χ1v) is 5.26.